The Balaban J connectivity index is 1.92. The number of halogens is 2. The molecule has 1 heterocycles. The average molecular weight is 312 g/mol. The second-order valence-electron chi connectivity index (χ2n) is 3.89. The molecule has 7 heteroatoms. The predicted molar refractivity (Wildman–Crippen MR) is 79.4 cm³/mol. The SMILES string of the molecule is Nc1ccc(F)c(NC(=O)CSc2ccc(Cl)cn2)c1. The minimum Gasteiger partial charge on any atom is -0.399 e. The Morgan fingerprint density at radius 3 is 2.90 bits per heavy atom. The van der Waals surface area contributed by atoms with Crippen LogP contribution in [-0.2, 0) is 4.79 Å². The van der Waals surface area contributed by atoms with E-state index >= 15 is 0 Å². The first kappa shape index (κ1) is 14.6. The third-order valence-electron chi connectivity index (χ3n) is 2.32. The summed E-state index contributed by atoms with van der Waals surface area (Å²) in [6.45, 7) is 0. The Morgan fingerprint density at radius 1 is 1.40 bits per heavy atom. The molecule has 0 bridgehead atoms. The number of benzene rings is 1. The summed E-state index contributed by atoms with van der Waals surface area (Å²) in [7, 11) is 0. The van der Waals surface area contributed by atoms with Crippen molar-refractivity contribution in [3.63, 3.8) is 0 Å². The number of anilines is 2. The Morgan fingerprint density at radius 2 is 2.20 bits per heavy atom. The van der Waals surface area contributed by atoms with Gasteiger partial charge in [0.15, 0.2) is 0 Å². The van der Waals surface area contributed by atoms with Gasteiger partial charge in [0.1, 0.15) is 5.82 Å². The molecular weight excluding hydrogens is 301 g/mol. The third-order valence-corrected chi connectivity index (χ3v) is 3.48. The highest BCUT2D eigenvalue weighted by Gasteiger charge is 2.08. The lowest BCUT2D eigenvalue weighted by Crippen LogP contribution is -2.15. The number of aromatic nitrogens is 1. The van der Waals surface area contributed by atoms with Gasteiger partial charge in [0, 0.05) is 11.9 Å². The monoisotopic (exact) mass is 311 g/mol. The number of nitrogens with two attached hydrogens (primary N) is 1. The van der Waals surface area contributed by atoms with Gasteiger partial charge in [-0.15, -0.1) is 0 Å². The lowest BCUT2D eigenvalue weighted by Gasteiger charge is -2.07. The molecule has 104 valence electrons. The Kier molecular flexibility index (Phi) is 4.81. The maximum Gasteiger partial charge on any atom is 0.234 e. The normalized spacial score (nSPS) is 10.3. The molecule has 4 nitrogen and oxygen atoms in total. The fourth-order valence-corrected chi connectivity index (χ4v) is 2.17. The molecule has 3 N–H and O–H groups in total. The van der Waals surface area contributed by atoms with Gasteiger partial charge in [0.05, 0.1) is 21.5 Å². The molecule has 2 rings (SSSR count). The van der Waals surface area contributed by atoms with E-state index in [1.165, 1.54) is 36.2 Å². The van der Waals surface area contributed by atoms with Crippen LogP contribution in [0.1, 0.15) is 0 Å². The van der Waals surface area contributed by atoms with E-state index in [0.29, 0.717) is 15.7 Å². The molecule has 0 saturated heterocycles. The van der Waals surface area contributed by atoms with Gasteiger partial charge in [-0.05, 0) is 30.3 Å². The molecule has 0 aliphatic rings. The van der Waals surface area contributed by atoms with E-state index in [-0.39, 0.29) is 17.3 Å². The molecule has 0 aliphatic carbocycles. The van der Waals surface area contributed by atoms with Gasteiger partial charge in [-0.1, -0.05) is 23.4 Å². The molecule has 1 amide bonds. The van der Waals surface area contributed by atoms with Crippen molar-refractivity contribution in [1.29, 1.82) is 0 Å². The minimum atomic E-state index is -0.526. The molecule has 0 unspecified atom stereocenters. The zero-order chi connectivity index (χ0) is 14.5. The summed E-state index contributed by atoms with van der Waals surface area (Å²) in [6.07, 6.45) is 1.50. The fraction of sp³-hybridized carbons (Fsp3) is 0.0769. The smallest absolute Gasteiger partial charge is 0.234 e. The summed E-state index contributed by atoms with van der Waals surface area (Å²) in [5.74, 6) is -0.749. The zero-order valence-electron chi connectivity index (χ0n) is 10.3. The van der Waals surface area contributed by atoms with Crippen molar-refractivity contribution >= 4 is 40.6 Å². The van der Waals surface area contributed by atoms with Gasteiger partial charge < -0.3 is 11.1 Å². The van der Waals surface area contributed by atoms with Gasteiger partial charge in [-0.25, -0.2) is 9.37 Å². The van der Waals surface area contributed by atoms with Crippen molar-refractivity contribution in [3.05, 3.63) is 47.4 Å². The standard InChI is InChI=1S/C13H11ClFN3OS/c14-8-1-4-13(17-6-8)20-7-12(19)18-11-5-9(16)2-3-10(11)15/h1-6H,7,16H2,(H,18,19). The number of hydrogen-bond acceptors (Lipinski definition) is 4. The van der Waals surface area contributed by atoms with E-state index in [9.17, 15) is 9.18 Å². The largest absolute Gasteiger partial charge is 0.399 e. The number of rotatable bonds is 4. The maximum absolute atomic E-state index is 13.4. The number of pyridine rings is 1. The van der Waals surface area contributed by atoms with E-state index in [0.717, 1.165) is 0 Å². The lowest BCUT2D eigenvalue weighted by atomic mass is 10.2. The minimum absolute atomic E-state index is 0.0691. The number of hydrogen-bond donors (Lipinski definition) is 2. The maximum atomic E-state index is 13.4. The predicted octanol–water partition coefficient (Wildman–Crippen LogP) is 3.19. The van der Waals surface area contributed by atoms with Crippen LogP contribution < -0.4 is 11.1 Å². The Bertz CT molecular complexity index is 622. The Labute approximate surface area is 124 Å². The number of amides is 1. The van der Waals surface area contributed by atoms with Crippen molar-refractivity contribution in [1.82, 2.24) is 4.98 Å². The molecule has 0 radical (unpaired) electrons. The van der Waals surface area contributed by atoms with Crippen LogP contribution in [0.15, 0.2) is 41.6 Å². The van der Waals surface area contributed by atoms with Gasteiger partial charge in [0.25, 0.3) is 0 Å². The molecule has 0 fully saturated rings. The first-order valence-electron chi connectivity index (χ1n) is 5.64. The summed E-state index contributed by atoms with van der Waals surface area (Å²) in [5, 5.41) is 3.66. The van der Waals surface area contributed by atoms with Crippen molar-refractivity contribution in [2.24, 2.45) is 0 Å². The van der Waals surface area contributed by atoms with Gasteiger partial charge >= 0.3 is 0 Å². The molecule has 2 aromatic rings. The zero-order valence-corrected chi connectivity index (χ0v) is 11.8. The molecular formula is C13H11ClFN3OS. The summed E-state index contributed by atoms with van der Waals surface area (Å²) in [4.78, 5) is 15.8. The first-order chi connectivity index (χ1) is 9.54. The highest BCUT2D eigenvalue weighted by Crippen LogP contribution is 2.20. The van der Waals surface area contributed by atoms with Crippen LogP contribution in [-0.4, -0.2) is 16.6 Å². The van der Waals surface area contributed by atoms with E-state index < -0.39 is 5.82 Å². The summed E-state index contributed by atoms with van der Waals surface area (Å²) >= 11 is 6.94. The number of nitrogens with one attached hydrogen (secondary N) is 1. The molecule has 20 heavy (non-hydrogen) atoms. The van der Waals surface area contributed by atoms with Gasteiger partial charge in [-0.3, -0.25) is 4.79 Å². The first-order valence-corrected chi connectivity index (χ1v) is 7.00. The molecule has 0 saturated carbocycles. The quantitative estimate of drug-likeness (QED) is 0.672. The van der Waals surface area contributed by atoms with Crippen molar-refractivity contribution in [2.45, 2.75) is 5.03 Å². The number of nitrogen functional groups attached to an aromatic ring is 1. The summed E-state index contributed by atoms with van der Waals surface area (Å²) in [6, 6.07) is 7.41. The van der Waals surface area contributed by atoms with Crippen LogP contribution in [0.4, 0.5) is 15.8 Å². The van der Waals surface area contributed by atoms with Crippen LogP contribution in [0.2, 0.25) is 5.02 Å². The fourth-order valence-electron chi connectivity index (χ4n) is 1.41. The van der Waals surface area contributed by atoms with Crippen molar-refractivity contribution in [2.75, 3.05) is 16.8 Å². The molecule has 0 atom stereocenters. The van der Waals surface area contributed by atoms with Crippen molar-refractivity contribution in [3.8, 4) is 0 Å². The summed E-state index contributed by atoms with van der Waals surface area (Å²) in [5.41, 5.74) is 5.99. The van der Waals surface area contributed by atoms with Gasteiger partial charge in [0.2, 0.25) is 5.91 Å². The highest BCUT2D eigenvalue weighted by atomic mass is 35.5. The number of thioether (sulfide) groups is 1. The van der Waals surface area contributed by atoms with Crippen LogP contribution in [0.25, 0.3) is 0 Å². The average Bonchev–Trinajstić information content (AvgIpc) is 2.42. The van der Waals surface area contributed by atoms with E-state index in [2.05, 4.69) is 10.3 Å². The molecule has 0 aliphatic heterocycles. The van der Waals surface area contributed by atoms with Crippen LogP contribution in [0, 0.1) is 5.82 Å². The highest BCUT2D eigenvalue weighted by molar-refractivity contribution is 7.99. The van der Waals surface area contributed by atoms with Crippen LogP contribution >= 0.6 is 23.4 Å². The van der Waals surface area contributed by atoms with Crippen LogP contribution in [0.5, 0.6) is 0 Å². The lowest BCUT2D eigenvalue weighted by molar-refractivity contribution is -0.113. The van der Waals surface area contributed by atoms with E-state index in [4.69, 9.17) is 17.3 Å². The summed E-state index contributed by atoms with van der Waals surface area (Å²) < 4.78 is 13.4. The second-order valence-corrected chi connectivity index (χ2v) is 5.32. The Hall–Kier alpha value is -1.79. The van der Waals surface area contributed by atoms with Crippen LogP contribution in [0.3, 0.4) is 0 Å². The topological polar surface area (TPSA) is 68.0 Å². The molecule has 1 aromatic heterocycles. The third kappa shape index (κ3) is 4.11. The van der Waals surface area contributed by atoms with E-state index in [1.54, 1.807) is 12.1 Å². The number of carbonyl (C=O) groups excluding carboxylic acids is 1. The number of nitrogens with zero attached hydrogens (tertiary/aromatic N) is 1. The van der Waals surface area contributed by atoms with Crippen molar-refractivity contribution < 1.29 is 9.18 Å². The molecule has 0 spiro atoms. The molecule has 1 aromatic carbocycles. The second kappa shape index (κ2) is 6.58. The number of carbonyl (C=O) groups is 1. The van der Waals surface area contributed by atoms with E-state index in [1.807, 2.05) is 0 Å². The van der Waals surface area contributed by atoms with Gasteiger partial charge in [-0.2, -0.15) is 0 Å².